The molecule has 0 atom stereocenters. The molecule has 0 aromatic carbocycles. The Kier molecular flexibility index (Phi) is 2.94. The van der Waals surface area contributed by atoms with Gasteiger partial charge < -0.3 is 9.30 Å². The Bertz CT molecular complexity index is 785. The van der Waals surface area contributed by atoms with Gasteiger partial charge in [0, 0.05) is 29.4 Å². The van der Waals surface area contributed by atoms with Crippen LogP contribution in [0.2, 0.25) is 0 Å². The number of rotatable bonds is 2. The summed E-state index contributed by atoms with van der Waals surface area (Å²) in [5.41, 5.74) is 2.62. The van der Waals surface area contributed by atoms with Gasteiger partial charge >= 0.3 is 0 Å². The Morgan fingerprint density at radius 3 is 2.81 bits per heavy atom. The molecular formula is C15H16N4OS. The van der Waals surface area contributed by atoms with Crippen molar-refractivity contribution in [3.05, 3.63) is 52.2 Å². The van der Waals surface area contributed by atoms with Crippen LogP contribution in [0.1, 0.15) is 27.7 Å². The minimum atomic E-state index is 0.518. The highest BCUT2D eigenvalue weighted by molar-refractivity contribution is 7.14. The molecule has 0 unspecified atom stereocenters. The molecule has 0 amide bonds. The predicted molar refractivity (Wildman–Crippen MR) is 80.7 cm³/mol. The van der Waals surface area contributed by atoms with Gasteiger partial charge in [0.15, 0.2) is 5.82 Å². The number of aryl methyl sites for hydroxylation is 2. The second-order valence-electron chi connectivity index (χ2n) is 5.27. The summed E-state index contributed by atoms with van der Waals surface area (Å²) in [4.78, 5) is 1.33. The van der Waals surface area contributed by atoms with Gasteiger partial charge in [-0.15, -0.1) is 21.5 Å². The molecule has 5 nitrogen and oxygen atoms in total. The minimum absolute atomic E-state index is 0.518. The monoisotopic (exact) mass is 300 g/mol. The third-order valence-corrected chi connectivity index (χ3v) is 5.05. The predicted octanol–water partition coefficient (Wildman–Crippen LogP) is 2.83. The number of fused-ring (bicyclic) bond motifs is 3. The maximum absolute atomic E-state index is 5.81. The zero-order valence-corrected chi connectivity index (χ0v) is 12.9. The van der Waals surface area contributed by atoms with Crippen molar-refractivity contribution in [3.8, 4) is 5.00 Å². The lowest BCUT2D eigenvalue weighted by Crippen LogP contribution is -2.02. The van der Waals surface area contributed by atoms with E-state index in [1.807, 2.05) is 6.92 Å². The fourth-order valence-electron chi connectivity index (χ4n) is 2.81. The van der Waals surface area contributed by atoms with Crippen molar-refractivity contribution in [2.24, 2.45) is 0 Å². The van der Waals surface area contributed by atoms with Crippen molar-refractivity contribution < 1.29 is 4.74 Å². The Balaban J connectivity index is 1.86. The van der Waals surface area contributed by atoms with Gasteiger partial charge in [-0.05, 0) is 31.5 Å². The van der Waals surface area contributed by atoms with E-state index in [1.54, 1.807) is 11.3 Å². The molecule has 6 heteroatoms. The molecule has 4 heterocycles. The topological polar surface area (TPSA) is 44.9 Å². The summed E-state index contributed by atoms with van der Waals surface area (Å²) in [6.45, 7) is 6.21. The van der Waals surface area contributed by atoms with Crippen molar-refractivity contribution in [1.82, 2.24) is 19.3 Å². The van der Waals surface area contributed by atoms with E-state index in [0.717, 1.165) is 18.2 Å². The van der Waals surface area contributed by atoms with Gasteiger partial charge in [-0.25, -0.2) is 0 Å². The number of nitrogens with zero attached hydrogens (tertiary/aromatic N) is 4. The number of hydrogen-bond donors (Lipinski definition) is 0. The molecule has 1 aliphatic heterocycles. The van der Waals surface area contributed by atoms with Crippen LogP contribution >= 0.6 is 11.3 Å². The van der Waals surface area contributed by atoms with Gasteiger partial charge in [-0.1, -0.05) is 0 Å². The smallest absolute Gasteiger partial charge is 0.164 e. The molecule has 4 rings (SSSR count). The second-order valence-corrected chi connectivity index (χ2v) is 6.47. The zero-order chi connectivity index (χ0) is 14.4. The SMILES string of the molecule is Cc1sc2c(c1Cn1cccc1)COCc1nnc(C)n1-2. The molecular weight excluding hydrogens is 284 g/mol. The Hall–Kier alpha value is -1.92. The fraction of sp³-hybridized carbons (Fsp3) is 0.333. The Morgan fingerprint density at radius 1 is 1.19 bits per heavy atom. The average molecular weight is 300 g/mol. The third kappa shape index (κ3) is 2.02. The lowest BCUT2D eigenvalue weighted by Gasteiger charge is -2.07. The van der Waals surface area contributed by atoms with E-state index < -0.39 is 0 Å². The summed E-state index contributed by atoms with van der Waals surface area (Å²) in [6, 6.07) is 4.11. The van der Waals surface area contributed by atoms with Crippen molar-refractivity contribution in [1.29, 1.82) is 0 Å². The van der Waals surface area contributed by atoms with Crippen LogP contribution in [0.4, 0.5) is 0 Å². The van der Waals surface area contributed by atoms with Gasteiger partial charge in [-0.2, -0.15) is 0 Å². The van der Waals surface area contributed by atoms with Gasteiger partial charge in [0.25, 0.3) is 0 Å². The maximum atomic E-state index is 5.81. The summed E-state index contributed by atoms with van der Waals surface area (Å²) in [7, 11) is 0. The molecule has 108 valence electrons. The van der Waals surface area contributed by atoms with E-state index in [4.69, 9.17) is 4.74 Å². The van der Waals surface area contributed by atoms with E-state index in [2.05, 4.69) is 50.8 Å². The lowest BCUT2D eigenvalue weighted by atomic mass is 10.1. The number of ether oxygens (including phenoxy) is 1. The summed E-state index contributed by atoms with van der Waals surface area (Å²) in [5.74, 6) is 1.81. The first kappa shape index (κ1) is 12.8. The average Bonchev–Trinajstić information content (AvgIpc) is 3.13. The van der Waals surface area contributed by atoms with Crippen molar-refractivity contribution in [3.63, 3.8) is 0 Å². The van der Waals surface area contributed by atoms with Crippen molar-refractivity contribution in [2.45, 2.75) is 33.6 Å². The minimum Gasteiger partial charge on any atom is -0.369 e. The molecule has 3 aromatic rings. The molecule has 0 radical (unpaired) electrons. The van der Waals surface area contributed by atoms with E-state index in [0.29, 0.717) is 13.2 Å². The summed E-state index contributed by atoms with van der Waals surface area (Å²) in [6.07, 6.45) is 4.19. The van der Waals surface area contributed by atoms with Crippen LogP contribution in [0.25, 0.3) is 5.00 Å². The van der Waals surface area contributed by atoms with Gasteiger partial charge in [0.2, 0.25) is 0 Å². The van der Waals surface area contributed by atoms with Crippen LogP contribution in [0.15, 0.2) is 24.5 Å². The lowest BCUT2D eigenvalue weighted by molar-refractivity contribution is 0.104. The first-order valence-corrected chi connectivity index (χ1v) is 7.76. The molecule has 0 N–H and O–H groups in total. The first-order valence-electron chi connectivity index (χ1n) is 6.95. The van der Waals surface area contributed by atoms with Crippen LogP contribution < -0.4 is 0 Å². The molecule has 0 saturated heterocycles. The fourth-order valence-corrected chi connectivity index (χ4v) is 4.05. The van der Waals surface area contributed by atoms with Crippen LogP contribution in [0.5, 0.6) is 0 Å². The van der Waals surface area contributed by atoms with Crippen LogP contribution in [-0.4, -0.2) is 19.3 Å². The zero-order valence-electron chi connectivity index (χ0n) is 12.0. The molecule has 0 aliphatic carbocycles. The van der Waals surface area contributed by atoms with E-state index in [1.165, 1.54) is 21.0 Å². The van der Waals surface area contributed by atoms with Crippen LogP contribution in [-0.2, 0) is 24.5 Å². The molecule has 0 bridgehead atoms. The summed E-state index contributed by atoms with van der Waals surface area (Å²) in [5, 5.41) is 9.62. The second kappa shape index (κ2) is 4.82. The van der Waals surface area contributed by atoms with Gasteiger partial charge in [0.05, 0.1) is 6.61 Å². The number of thiophene rings is 1. The normalized spacial score (nSPS) is 13.8. The summed E-state index contributed by atoms with van der Waals surface area (Å²) >= 11 is 1.80. The van der Waals surface area contributed by atoms with E-state index in [9.17, 15) is 0 Å². The van der Waals surface area contributed by atoms with Gasteiger partial charge in [-0.3, -0.25) is 4.57 Å². The Labute approximate surface area is 126 Å². The quantitative estimate of drug-likeness (QED) is 0.731. The van der Waals surface area contributed by atoms with Crippen molar-refractivity contribution >= 4 is 11.3 Å². The Morgan fingerprint density at radius 2 is 2.00 bits per heavy atom. The molecule has 1 aliphatic rings. The van der Waals surface area contributed by atoms with E-state index >= 15 is 0 Å². The van der Waals surface area contributed by atoms with Crippen molar-refractivity contribution in [2.75, 3.05) is 0 Å². The third-order valence-electron chi connectivity index (χ3n) is 3.88. The molecule has 0 spiro atoms. The molecule has 0 saturated carbocycles. The molecule has 21 heavy (non-hydrogen) atoms. The van der Waals surface area contributed by atoms with Crippen LogP contribution in [0.3, 0.4) is 0 Å². The molecule has 3 aromatic heterocycles. The number of aromatic nitrogens is 4. The number of hydrogen-bond acceptors (Lipinski definition) is 4. The highest BCUT2D eigenvalue weighted by atomic mass is 32.1. The van der Waals surface area contributed by atoms with E-state index in [-0.39, 0.29) is 0 Å². The highest BCUT2D eigenvalue weighted by Gasteiger charge is 2.24. The maximum Gasteiger partial charge on any atom is 0.164 e. The summed E-state index contributed by atoms with van der Waals surface area (Å²) < 4.78 is 10.1. The highest BCUT2D eigenvalue weighted by Crippen LogP contribution is 2.35. The molecule has 0 fully saturated rings. The van der Waals surface area contributed by atoms with Gasteiger partial charge in [0.1, 0.15) is 17.4 Å². The standard InChI is InChI=1S/C15H16N4OS/c1-10-12(7-18-5-3-4-6-18)13-8-20-9-14-17-16-11(2)19(14)15(13)21-10/h3-6H,7-9H2,1-2H3. The largest absolute Gasteiger partial charge is 0.369 e. The van der Waals surface area contributed by atoms with Crippen LogP contribution in [0, 0.1) is 13.8 Å². The first-order chi connectivity index (χ1) is 10.2.